The van der Waals surface area contributed by atoms with E-state index in [1.807, 2.05) is 77.4 Å². The summed E-state index contributed by atoms with van der Waals surface area (Å²) in [7, 11) is 0. The summed E-state index contributed by atoms with van der Waals surface area (Å²) in [6.45, 7) is 0.837. The number of hydrogen-bond acceptors (Lipinski definition) is 3. The summed E-state index contributed by atoms with van der Waals surface area (Å²) in [6.07, 6.45) is 3.63. The number of aromatic nitrogens is 2. The largest absolute Gasteiger partial charge is 0.488 e. The molecule has 0 saturated heterocycles. The molecule has 0 fully saturated rings. The summed E-state index contributed by atoms with van der Waals surface area (Å²) in [4.78, 5) is 4.38. The second-order valence-corrected chi connectivity index (χ2v) is 7.97. The van der Waals surface area contributed by atoms with Gasteiger partial charge in [0.05, 0.1) is 34.4 Å². The van der Waals surface area contributed by atoms with Gasteiger partial charge in [0.15, 0.2) is 0 Å². The SMILES string of the molecule is N#C/C(=C/c1ccc(OCc2ccccc2Cl)c(Br)c1)Cn1cnc2ccccc21. The van der Waals surface area contributed by atoms with Gasteiger partial charge in [-0.2, -0.15) is 5.26 Å². The topological polar surface area (TPSA) is 50.8 Å². The van der Waals surface area contributed by atoms with Crippen LogP contribution in [0.4, 0.5) is 0 Å². The van der Waals surface area contributed by atoms with Crippen molar-refractivity contribution in [3.8, 4) is 11.8 Å². The fourth-order valence-electron chi connectivity index (χ4n) is 3.13. The van der Waals surface area contributed by atoms with Gasteiger partial charge in [-0.25, -0.2) is 4.98 Å². The van der Waals surface area contributed by atoms with E-state index in [1.54, 1.807) is 6.33 Å². The molecule has 30 heavy (non-hydrogen) atoms. The smallest absolute Gasteiger partial charge is 0.134 e. The van der Waals surface area contributed by atoms with Gasteiger partial charge < -0.3 is 9.30 Å². The molecule has 6 heteroatoms. The van der Waals surface area contributed by atoms with Gasteiger partial charge in [0.1, 0.15) is 12.4 Å². The van der Waals surface area contributed by atoms with Gasteiger partial charge in [0.2, 0.25) is 0 Å². The lowest BCUT2D eigenvalue weighted by Crippen LogP contribution is -1.99. The van der Waals surface area contributed by atoms with Crippen LogP contribution in [0.3, 0.4) is 0 Å². The first-order valence-corrected chi connectivity index (χ1v) is 10.5. The number of hydrogen-bond donors (Lipinski definition) is 0. The molecule has 0 aliphatic carbocycles. The third-order valence-corrected chi connectivity index (χ3v) is 5.64. The number of halogens is 2. The van der Waals surface area contributed by atoms with E-state index in [-0.39, 0.29) is 0 Å². The second kappa shape index (κ2) is 9.17. The average molecular weight is 479 g/mol. The molecule has 0 spiro atoms. The Labute approximate surface area is 188 Å². The molecule has 0 radical (unpaired) electrons. The van der Waals surface area contributed by atoms with Crippen molar-refractivity contribution in [3.63, 3.8) is 0 Å². The van der Waals surface area contributed by atoms with E-state index < -0.39 is 0 Å². The normalized spacial score (nSPS) is 11.4. The molecule has 0 N–H and O–H groups in total. The van der Waals surface area contributed by atoms with Crippen LogP contribution < -0.4 is 4.74 Å². The van der Waals surface area contributed by atoms with Crippen molar-refractivity contribution in [2.24, 2.45) is 0 Å². The summed E-state index contributed by atoms with van der Waals surface area (Å²) in [5.74, 6) is 0.714. The van der Waals surface area contributed by atoms with Gasteiger partial charge >= 0.3 is 0 Å². The van der Waals surface area contributed by atoms with E-state index in [4.69, 9.17) is 16.3 Å². The number of nitriles is 1. The zero-order chi connectivity index (χ0) is 20.9. The number of para-hydroxylation sites is 2. The average Bonchev–Trinajstić information content (AvgIpc) is 3.16. The maximum Gasteiger partial charge on any atom is 0.134 e. The Morgan fingerprint density at radius 1 is 1.13 bits per heavy atom. The third-order valence-electron chi connectivity index (χ3n) is 4.65. The van der Waals surface area contributed by atoms with Crippen LogP contribution >= 0.6 is 27.5 Å². The quantitative estimate of drug-likeness (QED) is 0.292. The lowest BCUT2D eigenvalue weighted by Gasteiger charge is -2.10. The molecule has 0 aliphatic rings. The summed E-state index contributed by atoms with van der Waals surface area (Å²) in [6, 6.07) is 23.5. The Balaban J connectivity index is 1.50. The molecule has 0 atom stereocenters. The molecular formula is C24H17BrClN3O. The van der Waals surface area contributed by atoms with E-state index in [0.29, 0.717) is 29.5 Å². The molecule has 148 valence electrons. The van der Waals surface area contributed by atoms with Crippen molar-refractivity contribution in [2.75, 3.05) is 0 Å². The van der Waals surface area contributed by atoms with Crippen molar-refractivity contribution in [1.82, 2.24) is 9.55 Å². The molecule has 0 bridgehead atoms. The second-order valence-electron chi connectivity index (χ2n) is 6.71. The van der Waals surface area contributed by atoms with E-state index in [9.17, 15) is 5.26 Å². The Morgan fingerprint density at radius 3 is 2.73 bits per heavy atom. The van der Waals surface area contributed by atoms with Gasteiger partial charge in [-0.1, -0.05) is 48.0 Å². The fraction of sp³-hybridized carbons (Fsp3) is 0.0833. The van der Waals surface area contributed by atoms with Crippen LogP contribution in [0.25, 0.3) is 17.1 Å². The van der Waals surface area contributed by atoms with Crippen molar-refractivity contribution < 1.29 is 4.74 Å². The molecule has 0 saturated carbocycles. The van der Waals surface area contributed by atoms with Crippen LogP contribution in [-0.2, 0) is 13.2 Å². The number of allylic oxidation sites excluding steroid dienone is 1. The monoisotopic (exact) mass is 477 g/mol. The van der Waals surface area contributed by atoms with Gasteiger partial charge in [0.25, 0.3) is 0 Å². The molecule has 0 amide bonds. The Kier molecular flexibility index (Phi) is 6.18. The van der Waals surface area contributed by atoms with Crippen LogP contribution in [0.5, 0.6) is 5.75 Å². The van der Waals surface area contributed by atoms with Crippen molar-refractivity contribution in [3.05, 3.63) is 99.3 Å². The molecule has 1 aromatic heterocycles. The van der Waals surface area contributed by atoms with Crippen molar-refractivity contribution in [1.29, 1.82) is 5.26 Å². The Morgan fingerprint density at radius 2 is 1.93 bits per heavy atom. The van der Waals surface area contributed by atoms with E-state index in [1.165, 1.54) is 0 Å². The Hall–Kier alpha value is -3.07. The molecule has 0 aliphatic heterocycles. The number of fused-ring (bicyclic) bond motifs is 1. The Bertz CT molecular complexity index is 1270. The molecule has 0 unspecified atom stereocenters. The van der Waals surface area contributed by atoms with E-state index in [2.05, 4.69) is 27.0 Å². The minimum atomic E-state index is 0.380. The van der Waals surface area contributed by atoms with Gasteiger partial charge in [-0.15, -0.1) is 0 Å². The zero-order valence-corrected chi connectivity index (χ0v) is 18.3. The maximum atomic E-state index is 9.62. The fourth-order valence-corrected chi connectivity index (χ4v) is 3.83. The van der Waals surface area contributed by atoms with Crippen molar-refractivity contribution in [2.45, 2.75) is 13.2 Å². The van der Waals surface area contributed by atoms with Crippen LogP contribution in [0, 0.1) is 11.3 Å². The standard InChI is InChI=1S/C24H17BrClN3O/c25-20-12-17(9-10-24(20)30-15-19-5-1-2-6-21(19)26)11-18(13-27)14-29-16-28-22-7-3-4-8-23(22)29/h1-12,16H,14-15H2/b18-11-. The van der Waals surface area contributed by atoms with E-state index in [0.717, 1.165) is 26.6 Å². The van der Waals surface area contributed by atoms with E-state index >= 15 is 0 Å². The molecule has 4 rings (SSSR count). The maximum absolute atomic E-state index is 9.62. The summed E-state index contributed by atoms with van der Waals surface area (Å²) >= 11 is 9.75. The molecule has 1 heterocycles. The molecule has 3 aromatic carbocycles. The first-order chi connectivity index (χ1) is 14.6. The van der Waals surface area contributed by atoms with Crippen LogP contribution in [0.1, 0.15) is 11.1 Å². The lowest BCUT2D eigenvalue weighted by atomic mass is 10.1. The minimum absolute atomic E-state index is 0.380. The number of nitrogens with zero attached hydrogens (tertiary/aromatic N) is 3. The van der Waals surface area contributed by atoms with Crippen LogP contribution in [0.2, 0.25) is 5.02 Å². The lowest BCUT2D eigenvalue weighted by molar-refractivity contribution is 0.304. The first-order valence-electron chi connectivity index (χ1n) is 9.30. The van der Waals surface area contributed by atoms with Gasteiger partial charge in [-0.05, 0) is 57.9 Å². The summed E-state index contributed by atoms with van der Waals surface area (Å²) in [5.41, 5.74) is 4.39. The number of ether oxygens (including phenoxy) is 1. The summed E-state index contributed by atoms with van der Waals surface area (Å²) < 4.78 is 8.68. The highest BCUT2D eigenvalue weighted by Crippen LogP contribution is 2.29. The first kappa shape index (κ1) is 20.2. The molecular weight excluding hydrogens is 462 g/mol. The number of imidazole rings is 1. The predicted molar refractivity (Wildman–Crippen MR) is 123 cm³/mol. The van der Waals surface area contributed by atoms with Crippen LogP contribution in [0.15, 0.2) is 83.1 Å². The highest BCUT2D eigenvalue weighted by atomic mass is 79.9. The number of benzene rings is 3. The molecule has 4 aromatic rings. The highest BCUT2D eigenvalue weighted by molar-refractivity contribution is 9.10. The minimum Gasteiger partial charge on any atom is -0.488 e. The van der Waals surface area contributed by atoms with Gasteiger partial charge in [0, 0.05) is 16.2 Å². The predicted octanol–water partition coefficient (Wildman–Crippen LogP) is 6.64. The van der Waals surface area contributed by atoms with Crippen LogP contribution in [-0.4, -0.2) is 9.55 Å². The molecule has 4 nitrogen and oxygen atoms in total. The third kappa shape index (κ3) is 4.56. The summed E-state index contributed by atoms with van der Waals surface area (Å²) in [5, 5.41) is 10.3. The zero-order valence-electron chi connectivity index (χ0n) is 15.9. The number of rotatable bonds is 6. The van der Waals surface area contributed by atoms with Gasteiger partial charge in [-0.3, -0.25) is 0 Å². The van der Waals surface area contributed by atoms with Crippen molar-refractivity contribution >= 4 is 44.6 Å². The highest BCUT2D eigenvalue weighted by Gasteiger charge is 2.07.